The van der Waals surface area contributed by atoms with Crippen LogP contribution in [0.2, 0.25) is 0 Å². The van der Waals surface area contributed by atoms with Crippen molar-refractivity contribution in [3.05, 3.63) is 0 Å². The SMILES string of the molecule is CCCC[N+]1(NN)CCCCC1. The van der Waals surface area contributed by atoms with Gasteiger partial charge in [-0.15, -0.1) is 5.53 Å². The van der Waals surface area contributed by atoms with E-state index in [4.69, 9.17) is 5.84 Å². The molecule has 1 saturated heterocycles. The van der Waals surface area contributed by atoms with Crippen molar-refractivity contribution in [1.82, 2.24) is 5.53 Å². The molecule has 72 valence electrons. The van der Waals surface area contributed by atoms with Gasteiger partial charge in [0.15, 0.2) is 0 Å². The van der Waals surface area contributed by atoms with E-state index in [1.54, 1.807) is 0 Å². The largest absolute Gasteiger partial charge is 0.232 e. The third-order valence-corrected chi connectivity index (χ3v) is 2.89. The zero-order valence-electron chi connectivity index (χ0n) is 8.18. The monoisotopic (exact) mass is 172 g/mol. The van der Waals surface area contributed by atoms with Gasteiger partial charge in [-0.3, -0.25) is 0 Å². The van der Waals surface area contributed by atoms with E-state index in [0.717, 1.165) is 4.59 Å². The molecule has 1 aliphatic heterocycles. The standard InChI is InChI=1S/C9H22N3/c1-2-3-7-12(11-10)8-5-4-6-9-12/h11H,2-10H2,1H3/q+1. The molecule has 0 radical (unpaired) electrons. The Bertz CT molecular complexity index is 119. The molecule has 12 heavy (non-hydrogen) atoms. The first-order chi connectivity index (χ1) is 5.83. The summed E-state index contributed by atoms with van der Waals surface area (Å²) in [7, 11) is 0. The molecule has 0 amide bonds. The number of hydrazine groups is 1. The number of piperidine rings is 1. The zero-order valence-corrected chi connectivity index (χ0v) is 8.18. The summed E-state index contributed by atoms with van der Waals surface area (Å²) in [5.74, 6) is 5.60. The quantitative estimate of drug-likeness (QED) is 0.379. The number of rotatable bonds is 4. The lowest BCUT2D eigenvalue weighted by molar-refractivity contribution is -0.975. The fourth-order valence-electron chi connectivity index (χ4n) is 2.00. The minimum Gasteiger partial charge on any atom is -0.232 e. The van der Waals surface area contributed by atoms with Crippen LogP contribution in [0, 0.1) is 0 Å². The van der Waals surface area contributed by atoms with Gasteiger partial charge in [0, 0.05) is 0 Å². The van der Waals surface area contributed by atoms with Gasteiger partial charge in [-0.1, -0.05) is 13.3 Å². The zero-order chi connectivity index (χ0) is 8.86. The summed E-state index contributed by atoms with van der Waals surface area (Å²) in [6.45, 7) is 5.87. The fraction of sp³-hybridized carbons (Fsp3) is 1.00. The van der Waals surface area contributed by atoms with Crippen LogP contribution < -0.4 is 11.4 Å². The summed E-state index contributed by atoms with van der Waals surface area (Å²) in [6, 6.07) is 0. The number of likely N-dealkylation sites (tertiary alicyclic amines) is 1. The number of unbranched alkanes of at least 4 members (excludes halogenated alkanes) is 1. The van der Waals surface area contributed by atoms with E-state index in [1.807, 2.05) is 0 Å². The van der Waals surface area contributed by atoms with E-state index in [2.05, 4.69) is 12.5 Å². The van der Waals surface area contributed by atoms with Crippen LogP contribution in [0.5, 0.6) is 0 Å². The smallest absolute Gasteiger partial charge is 0.0974 e. The third kappa shape index (κ3) is 2.44. The van der Waals surface area contributed by atoms with Crippen molar-refractivity contribution in [2.75, 3.05) is 19.6 Å². The Hall–Kier alpha value is -0.120. The number of hydrogen-bond acceptors (Lipinski definition) is 2. The second-order valence-electron chi connectivity index (χ2n) is 3.86. The molecule has 0 saturated carbocycles. The van der Waals surface area contributed by atoms with Crippen LogP contribution in [-0.2, 0) is 0 Å². The first-order valence-corrected chi connectivity index (χ1v) is 5.17. The lowest BCUT2D eigenvalue weighted by Gasteiger charge is -2.39. The van der Waals surface area contributed by atoms with Gasteiger partial charge in [0.25, 0.3) is 0 Å². The number of quaternary nitrogens is 1. The van der Waals surface area contributed by atoms with Crippen molar-refractivity contribution in [3.8, 4) is 0 Å². The molecule has 0 atom stereocenters. The van der Waals surface area contributed by atoms with E-state index in [0.29, 0.717) is 0 Å². The topological polar surface area (TPSA) is 38.0 Å². The molecule has 3 heteroatoms. The molecule has 3 N–H and O–H groups in total. The Balaban J connectivity index is 2.37. The molecule has 0 aliphatic carbocycles. The Morgan fingerprint density at radius 2 is 1.92 bits per heavy atom. The van der Waals surface area contributed by atoms with Crippen LogP contribution in [0.1, 0.15) is 39.0 Å². The van der Waals surface area contributed by atoms with Gasteiger partial charge < -0.3 is 0 Å². The maximum atomic E-state index is 5.60. The van der Waals surface area contributed by atoms with Gasteiger partial charge in [-0.25, -0.2) is 10.4 Å². The molecule has 1 heterocycles. The number of nitrogens with zero attached hydrogens (tertiary/aromatic N) is 1. The van der Waals surface area contributed by atoms with E-state index in [-0.39, 0.29) is 0 Å². The van der Waals surface area contributed by atoms with E-state index in [1.165, 1.54) is 51.7 Å². The van der Waals surface area contributed by atoms with Crippen molar-refractivity contribution in [1.29, 1.82) is 0 Å². The highest BCUT2D eigenvalue weighted by atomic mass is 15.7. The van der Waals surface area contributed by atoms with Crippen LogP contribution in [0.15, 0.2) is 0 Å². The van der Waals surface area contributed by atoms with Crippen LogP contribution in [0.3, 0.4) is 0 Å². The number of hydrogen-bond donors (Lipinski definition) is 2. The van der Waals surface area contributed by atoms with E-state index < -0.39 is 0 Å². The highest BCUT2D eigenvalue weighted by Gasteiger charge is 2.28. The Kier molecular flexibility index (Phi) is 3.98. The summed E-state index contributed by atoms with van der Waals surface area (Å²) < 4.78 is 0.952. The summed E-state index contributed by atoms with van der Waals surface area (Å²) in [4.78, 5) is 0. The molecule has 0 bridgehead atoms. The Morgan fingerprint density at radius 3 is 2.42 bits per heavy atom. The van der Waals surface area contributed by atoms with Crippen molar-refractivity contribution in [2.24, 2.45) is 5.84 Å². The third-order valence-electron chi connectivity index (χ3n) is 2.89. The predicted octanol–water partition coefficient (Wildman–Crippen LogP) is 1.17. The highest BCUT2D eigenvalue weighted by molar-refractivity contribution is 4.51. The molecule has 0 aromatic rings. The molecule has 0 unspecified atom stereocenters. The molecular formula is C9H22N3+. The van der Waals surface area contributed by atoms with Gasteiger partial charge in [-0.05, 0) is 25.7 Å². The van der Waals surface area contributed by atoms with Crippen molar-refractivity contribution < 1.29 is 4.59 Å². The van der Waals surface area contributed by atoms with Crippen molar-refractivity contribution >= 4 is 0 Å². The summed E-state index contributed by atoms with van der Waals surface area (Å²) in [6.07, 6.45) is 6.58. The molecule has 1 aliphatic rings. The van der Waals surface area contributed by atoms with Crippen molar-refractivity contribution in [3.63, 3.8) is 0 Å². The first-order valence-electron chi connectivity index (χ1n) is 5.17. The summed E-state index contributed by atoms with van der Waals surface area (Å²) in [5.41, 5.74) is 2.99. The van der Waals surface area contributed by atoms with Gasteiger partial charge in [0.05, 0.1) is 19.6 Å². The number of nitrogens with two attached hydrogens (primary N) is 1. The first kappa shape index (κ1) is 9.96. The van der Waals surface area contributed by atoms with Crippen molar-refractivity contribution in [2.45, 2.75) is 39.0 Å². The average molecular weight is 172 g/mol. The summed E-state index contributed by atoms with van der Waals surface area (Å²) >= 11 is 0. The lowest BCUT2D eigenvalue weighted by atomic mass is 10.1. The van der Waals surface area contributed by atoms with Crippen LogP contribution in [0.25, 0.3) is 0 Å². The molecule has 0 spiro atoms. The van der Waals surface area contributed by atoms with Gasteiger partial charge in [0.2, 0.25) is 0 Å². The second-order valence-corrected chi connectivity index (χ2v) is 3.86. The summed E-state index contributed by atoms with van der Waals surface area (Å²) in [5, 5.41) is 0. The molecule has 1 fully saturated rings. The minimum atomic E-state index is 0.952. The lowest BCUT2D eigenvalue weighted by Crippen LogP contribution is -2.63. The fourth-order valence-corrected chi connectivity index (χ4v) is 2.00. The number of nitrogens with one attached hydrogen (secondary N) is 1. The molecule has 0 aromatic heterocycles. The average Bonchev–Trinajstić information content (AvgIpc) is 2.16. The van der Waals surface area contributed by atoms with Crippen LogP contribution >= 0.6 is 0 Å². The molecular weight excluding hydrogens is 150 g/mol. The molecule has 0 aromatic carbocycles. The van der Waals surface area contributed by atoms with E-state index >= 15 is 0 Å². The molecule has 3 nitrogen and oxygen atoms in total. The predicted molar refractivity (Wildman–Crippen MR) is 50.9 cm³/mol. The Labute approximate surface area is 75.5 Å². The molecule has 1 rings (SSSR count). The van der Waals surface area contributed by atoms with Gasteiger partial charge in [0.1, 0.15) is 0 Å². The maximum absolute atomic E-state index is 5.60. The maximum Gasteiger partial charge on any atom is 0.0974 e. The van der Waals surface area contributed by atoms with Gasteiger partial charge in [-0.2, -0.15) is 0 Å². The Morgan fingerprint density at radius 1 is 1.25 bits per heavy atom. The van der Waals surface area contributed by atoms with Gasteiger partial charge >= 0.3 is 0 Å². The van der Waals surface area contributed by atoms with Crippen LogP contribution in [-0.4, -0.2) is 24.2 Å². The minimum absolute atomic E-state index is 0.952. The van der Waals surface area contributed by atoms with Crippen LogP contribution in [0.4, 0.5) is 0 Å². The second kappa shape index (κ2) is 4.80. The van der Waals surface area contributed by atoms with E-state index in [9.17, 15) is 0 Å². The highest BCUT2D eigenvalue weighted by Crippen LogP contribution is 2.16. The normalized spacial score (nSPS) is 22.5.